The SMILES string of the molecule is C[C@H]1CC(C)(C)C[C@@]2(C1)NC(=O)N(CC(=O)OCC(=O)NC1(C#N)CCCC1)C2=O. The first kappa shape index (κ1) is 22.1. The van der Waals surface area contributed by atoms with E-state index in [-0.39, 0.29) is 11.3 Å². The molecule has 2 N–H and O–H groups in total. The van der Waals surface area contributed by atoms with Crippen molar-refractivity contribution in [1.29, 1.82) is 5.26 Å². The van der Waals surface area contributed by atoms with E-state index in [0.717, 1.165) is 24.2 Å². The van der Waals surface area contributed by atoms with Gasteiger partial charge in [-0.25, -0.2) is 4.79 Å². The smallest absolute Gasteiger partial charge is 0.326 e. The van der Waals surface area contributed by atoms with Crippen molar-refractivity contribution >= 4 is 23.8 Å². The Morgan fingerprint density at radius 3 is 2.53 bits per heavy atom. The monoisotopic (exact) mass is 418 g/mol. The van der Waals surface area contributed by atoms with Crippen LogP contribution in [0.15, 0.2) is 0 Å². The molecule has 164 valence electrons. The lowest BCUT2D eigenvalue weighted by Crippen LogP contribution is -2.54. The van der Waals surface area contributed by atoms with Crippen LogP contribution in [0.5, 0.6) is 0 Å². The number of imide groups is 1. The Kier molecular flexibility index (Phi) is 5.81. The third-order valence-electron chi connectivity index (χ3n) is 6.33. The molecule has 1 aliphatic heterocycles. The zero-order valence-electron chi connectivity index (χ0n) is 17.9. The minimum atomic E-state index is -0.989. The van der Waals surface area contributed by atoms with Crippen LogP contribution in [0.1, 0.15) is 65.7 Å². The van der Waals surface area contributed by atoms with E-state index in [1.165, 1.54) is 0 Å². The highest BCUT2D eigenvalue weighted by molar-refractivity contribution is 6.08. The molecule has 0 aromatic carbocycles. The Morgan fingerprint density at radius 1 is 1.27 bits per heavy atom. The summed E-state index contributed by atoms with van der Waals surface area (Å²) in [6, 6.07) is 1.52. The van der Waals surface area contributed by atoms with Gasteiger partial charge in [-0.05, 0) is 56.3 Å². The highest BCUT2D eigenvalue weighted by Crippen LogP contribution is 2.46. The second-order valence-corrected chi connectivity index (χ2v) is 9.87. The number of hydrogen-bond acceptors (Lipinski definition) is 6. The number of rotatable bonds is 5. The normalized spacial score (nSPS) is 29.4. The quantitative estimate of drug-likeness (QED) is 0.516. The van der Waals surface area contributed by atoms with Gasteiger partial charge in [-0.15, -0.1) is 0 Å². The second kappa shape index (κ2) is 7.89. The molecule has 1 spiro atoms. The summed E-state index contributed by atoms with van der Waals surface area (Å²) >= 11 is 0. The van der Waals surface area contributed by atoms with Gasteiger partial charge in [-0.1, -0.05) is 20.8 Å². The molecule has 1 saturated heterocycles. The zero-order chi connectivity index (χ0) is 22.2. The molecule has 1 heterocycles. The summed E-state index contributed by atoms with van der Waals surface area (Å²) in [5.41, 5.74) is -1.99. The molecule has 9 heteroatoms. The molecule has 0 unspecified atom stereocenters. The van der Waals surface area contributed by atoms with Crippen molar-refractivity contribution in [3.05, 3.63) is 0 Å². The molecule has 0 radical (unpaired) electrons. The first-order valence-electron chi connectivity index (χ1n) is 10.5. The lowest BCUT2D eigenvalue weighted by molar-refractivity contribution is -0.151. The van der Waals surface area contributed by atoms with Crippen LogP contribution in [0.4, 0.5) is 4.79 Å². The van der Waals surface area contributed by atoms with E-state index in [9.17, 15) is 24.4 Å². The molecular weight excluding hydrogens is 388 g/mol. The maximum Gasteiger partial charge on any atom is 0.326 e. The third-order valence-corrected chi connectivity index (χ3v) is 6.33. The van der Waals surface area contributed by atoms with Gasteiger partial charge in [0.1, 0.15) is 17.6 Å². The molecule has 0 aromatic heterocycles. The van der Waals surface area contributed by atoms with Crippen molar-refractivity contribution in [2.75, 3.05) is 13.2 Å². The molecule has 3 fully saturated rings. The molecule has 2 atom stereocenters. The molecule has 30 heavy (non-hydrogen) atoms. The van der Waals surface area contributed by atoms with Crippen LogP contribution in [0.2, 0.25) is 0 Å². The Bertz CT molecular complexity index is 796. The molecule has 0 bridgehead atoms. The number of hydrogen-bond donors (Lipinski definition) is 2. The van der Waals surface area contributed by atoms with E-state index < -0.39 is 48.0 Å². The van der Waals surface area contributed by atoms with Crippen LogP contribution >= 0.6 is 0 Å². The molecule has 3 rings (SSSR count). The van der Waals surface area contributed by atoms with Crippen LogP contribution in [-0.2, 0) is 19.1 Å². The van der Waals surface area contributed by atoms with Gasteiger partial charge in [-0.2, -0.15) is 5.26 Å². The second-order valence-electron chi connectivity index (χ2n) is 9.87. The maximum atomic E-state index is 13.0. The number of urea groups is 1. The van der Waals surface area contributed by atoms with Gasteiger partial charge >= 0.3 is 12.0 Å². The Labute approximate surface area is 176 Å². The zero-order valence-corrected chi connectivity index (χ0v) is 17.9. The summed E-state index contributed by atoms with van der Waals surface area (Å²) in [7, 11) is 0. The number of ether oxygens (including phenoxy) is 1. The average Bonchev–Trinajstić information content (AvgIpc) is 3.18. The van der Waals surface area contributed by atoms with Gasteiger partial charge in [0.2, 0.25) is 0 Å². The number of amides is 4. The first-order valence-corrected chi connectivity index (χ1v) is 10.5. The van der Waals surface area contributed by atoms with Crippen LogP contribution < -0.4 is 10.6 Å². The summed E-state index contributed by atoms with van der Waals surface area (Å²) < 4.78 is 4.97. The van der Waals surface area contributed by atoms with Crippen LogP contribution in [0.25, 0.3) is 0 Å². The van der Waals surface area contributed by atoms with Gasteiger partial charge < -0.3 is 15.4 Å². The lowest BCUT2D eigenvalue weighted by atomic mass is 9.64. The van der Waals surface area contributed by atoms with E-state index in [1.54, 1.807) is 0 Å². The molecule has 2 saturated carbocycles. The van der Waals surface area contributed by atoms with Gasteiger partial charge in [0.05, 0.1) is 6.07 Å². The van der Waals surface area contributed by atoms with Gasteiger partial charge in [-0.3, -0.25) is 19.3 Å². The van der Waals surface area contributed by atoms with Gasteiger partial charge in [0.15, 0.2) is 6.61 Å². The first-order chi connectivity index (χ1) is 14.0. The molecule has 2 aliphatic carbocycles. The largest absolute Gasteiger partial charge is 0.454 e. The van der Waals surface area contributed by atoms with Crippen LogP contribution in [0, 0.1) is 22.7 Å². The van der Waals surface area contributed by atoms with E-state index >= 15 is 0 Å². The Morgan fingerprint density at radius 2 is 1.93 bits per heavy atom. The molecule has 9 nitrogen and oxygen atoms in total. The summed E-state index contributed by atoms with van der Waals surface area (Å²) in [5.74, 6) is -1.56. The van der Waals surface area contributed by atoms with E-state index in [4.69, 9.17) is 4.74 Å². The van der Waals surface area contributed by atoms with Crippen molar-refractivity contribution in [2.24, 2.45) is 11.3 Å². The molecular formula is C21H30N4O5. The fourth-order valence-corrected chi connectivity index (χ4v) is 5.52. The predicted octanol–water partition coefficient (Wildman–Crippen LogP) is 1.62. The summed E-state index contributed by atoms with van der Waals surface area (Å²) in [6.45, 7) is 5.09. The van der Waals surface area contributed by atoms with Crippen molar-refractivity contribution < 1.29 is 23.9 Å². The lowest BCUT2D eigenvalue weighted by Gasteiger charge is -2.43. The van der Waals surface area contributed by atoms with Gasteiger partial charge in [0, 0.05) is 0 Å². The number of carbonyl (C=O) groups is 4. The molecule has 0 aromatic rings. The summed E-state index contributed by atoms with van der Waals surface area (Å²) in [6.07, 6.45) is 4.86. The third kappa shape index (κ3) is 4.42. The highest BCUT2D eigenvalue weighted by atomic mass is 16.5. The fourth-order valence-electron chi connectivity index (χ4n) is 5.52. The number of nitrogens with zero attached hydrogens (tertiary/aromatic N) is 2. The van der Waals surface area contributed by atoms with Crippen LogP contribution in [-0.4, -0.2) is 52.9 Å². The summed E-state index contributed by atoms with van der Waals surface area (Å²) in [5, 5.41) is 14.7. The topological polar surface area (TPSA) is 129 Å². The molecule has 4 amide bonds. The standard InChI is InChI=1S/C21H30N4O5/c1-14-8-19(2,3)12-21(9-14)17(28)25(18(29)24-21)10-16(27)30-11-15(26)23-20(13-22)6-4-5-7-20/h14H,4-12H2,1-3H3,(H,23,26)(H,24,29)/t14-,21+/m0/s1. The summed E-state index contributed by atoms with van der Waals surface area (Å²) in [4.78, 5) is 50.6. The van der Waals surface area contributed by atoms with Crippen molar-refractivity contribution in [1.82, 2.24) is 15.5 Å². The Balaban J connectivity index is 1.55. The molecule has 3 aliphatic rings. The Hall–Kier alpha value is -2.63. The van der Waals surface area contributed by atoms with Crippen molar-refractivity contribution in [3.8, 4) is 6.07 Å². The minimum absolute atomic E-state index is 0.105. The number of esters is 1. The van der Waals surface area contributed by atoms with Crippen molar-refractivity contribution in [2.45, 2.75) is 76.8 Å². The van der Waals surface area contributed by atoms with E-state index in [2.05, 4.69) is 37.5 Å². The number of nitriles is 1. The number of carbonyl (C=O) groups excluding carboxylic acids is 4. The highest BCUT2D eigenvalue weighted by Gasteiger charge is 2.56. The average molecular weight is 418 g/mol. The predicted molar refractivity (Wildman–Crippen MR) is 106 cm³/mol. The van der Waals surface area contributed by atoms with Crippen molar-refractivity contribution in [3.63, 3.8) is 0 Å². The van der Waals surface area contributed by atoms with E-state index in [1.807, 2.05) is 0 Å². The number of nitrogens with one attached hydrogen (secondary N) is 2. The fraction of sp³-hybridized carbons (Fsp3) is 0.762. The maximum absolute atomic E-state index is 13.0. The van der Waals surface area contributed by atoms with Crippen LogP contribution in [0.3, 0.4) is 0 Å². The van der Waals surface area contributed by atoms with Gasteiger partial charge in [0.25, 0.3) is 11.8 Å². The van der Waals surface area contributed by atoms with E-state index in [0.29, 0.717) is 25.7 Å². The minimum Gasteiger partial charge on any atom is -0.454 e.